The highest BCUT2D eigenvalue weighted by Crippen LogP contribution is 2.24. The van der Waals surface area contributed by atoms with Gasteiger partial charge in [0, 0.05) is 19.5 Å². The Morgan fingerprint density at radius 1 is 1.23 bits per heavy atom. The lowest BCUT2D eigenvalue weighted by Gasteiger charge is -2.13. The van der Waals surface area contributed by atoms with Gasteiger partial charge in [0.15, 0.2) is 5.96 Å². The van der Waals surface area contributed by atoms with Crippen LogP contribution in [-0.4, -0.2) is 25.7 Å². The van der Waals surface area contributed by atoms with Gasteiger partial charge in [-0.05, 0) is 31.2 Å². The Morgan fingerprint density at radius 3 is 2.69 bits per heavy atom. The monoisotopic (exact) mass is 483 g/mol. The Kier molecular flexibility index (Phi) is 9.92. The molecule has 26 heavy (non-hydrogen) atoms. The summed E-state index contributed by atoms with van der Waals surface area (Å²) in [6.07, 6.45) is 2.24. The number of benzene rings is 1. The molecule has 0 saturated carbocycles. The molecule has 0 aliphatic carbocycles. The molecular weight excluding hydrogens is 462 g/mol. The van der Waals surface area contributed by atoms with Crippen LogP contribution in [-0.2, 0) is 13.0 Å². The minimum Gasteiger partial charge on any atom is -0.469 e. The third-order valence-electron chi connectivity index (χ3n) is 3.28. The van der Waals surface area contributed by atoms with Crippen LogP contribution in [0.5, 0.6) is 5.75 Å². The molecule has 0 aliphatic heterocycles. The van der Waals surface area contributed by atoms with Gasteiger partial charge in [-0.1, -0.05) is 6.07 Å². The van der Waals surface area contributed by atoms with Crippen LogP contribution in [0.1, 0.15) is 18.2 Å². The number of hydrogen-bond acceptors (Lipinski definition) is 3. The molecular formula is C17H21F3IN3O2. The van der Waals surface area contributed by atoms with E-state index in [1.54, 1.807) is 12.3 Å². The van der Waals surface area contributed by atoms with Gasteiger partial charge in [-0.3, -0.25) is 0 Å². The number of nitrogens with zero attached hydrogens (tertiary/aromatic N) is 1. The van der Waals surface area contributed by atoms with Crippen LogP contribution in [0.25, 0.3) is 0 Å². The van der Waals surface area contributed by atoms with Crippen LogP contribution in [0.4, 0.5) is 13.2 Å². The van der Waals surface area contributed by atoms with E-state index in [9.17, 15) is 13.2 Å². The number of aliphatic imine (C=N–C) groups is 1. The van der Waals surface area contributed by atoms with Crippen molar-refractivity contribution in [1.29, 1.82) is 0 Å². The van der Waals surface area contributed by atoms with Crippen molar-refractivity contribution in [3.8, 4) is 5.75 Å². The molecule has 2 aromatic rings. The molecule has 1 heterocycles. The summed E-state index contributed by atoms with van der Waals surface area (Å²) in [5, 5.41) is 6.09. The van der Waals surface area contributed by atoms with Crippen molar-refractivity contribution < 1.29 is 22.3 Å². The second-order valence-corrected chi connectivity index (χ2v) is 5.05. The summed E-state index contributed by atoms with van der Waals surface area (Å²) in [6, 6.07) is 7.45. The number of hydrogen-bond donors (Lipinski definition) is 2. The first kappa shape index (κ1) is 22.1. The molecule has 0 atom stereocenters. The van der Waals surface area contributed by atoms with E-state index in [1.807, 2.05) is 13.0 Å². The van der Waals surface area contributed by atoms with Crippen LogP contribution < -0.4 is 15.4 Å². The zero-order valence-corrected chi connectivity index (χ0v) is 16.5. The van der Waals surface area contributed by atoms with Gasteiger partial charge in [-0.15, -0.1) is 24.0 Å². The van der Waals surface area contributed by atoms with Crippen LogP contribution in [0, 0.1) is 5.82 Å². The Bertz CT molecular complexity index is 682. The summed E-state index contributed by atoms with van der Waals surface area (Å²) in [5.41, 5.74) is -0.0222. The maximum Gasteiger partial charge on any atom is 0.387 e. The Morgan fingerprint density at radius 2 is 2.04 bits per heavy atom. The van der Waals surface area contributed by atoms with E-state index in [0.29, 0.717) is 25.5 Å². The highest BCUT2D eigenvalue weighted by Gasteiger charge is 2.13. The molecule has 0 radical (unpaired) electrons. The quantitative estimate of drug-likeness (QED) is 0.340. The van der Waals surface area contributed by atoms with Gasteiger partial charge in [0.05, 0.1) is 18.4 Å². The van der Waals surface area contributed by atoms with Crippen molar-refractivity contribution in [3.05, 3.63) is 53.7 Å². The first-order valence-corrected chi connectivity index (χ1v) is 7.87. The van der Waals surface area contributed by atoms with Gasteiger partial charge in [-0.2, -0.15) is 8.78 Å². The average Bonchev–Trinajstić information content (AvgIpc) is 3.07. The Balaban J connectivity index is 0.00000338. The lowest BCUT2D eigenvalue weighted by Crippen LogP contribution is -2.38. The number of furan rings is 1. The third-order valence-corrected chi connectivity index (χ3v) is 3.28. The normalized spacial score (nSPS) is 11.2. The molecule has 0 bridgehead atoms. The molecule has 0 fully saturated rings. The predicted molar refractivity (Wildman–Crippen MR) is 104 cm³/mol. The van der Waals surface area contributed by atoms with E-state index in [-0.39, 0.29) is 41.8 Å². The van der Waals surface area contributed by atoms with Crippen molar-refractivity contribution in [1.82, 2.24) is 10.6 Å². The van der Waals surface area contributed by atoms with Gasteiger partial charge >= 0.3 is 6.61 Å². The fraction of sp³-hybridized carbons (Fsp3) is 0.353. The summed E-state index contributed by atoms with van der Waals surface area (Å²) >= 11 is 0. The van der Waals surface area contributed by atoms with E-state index in [4.69, 9.17) is 4.42 Å². The average molecular weight is 483 g/mol. The smallest absolute Gasteiger partial charge is 0.387 e. The van der Waals surface area contributed by atoms with E-state index >= 15 is 0 Å². The minimum atomic E-state index is -3.02. The van der Waals surface area contributed by atoms with Gasteiger partial charge in [0.1, 0.15) is 17.3 Å². The number of halogens is 4. The molecule has 9 heteroatoms. The van der Waals surface area contributed by atoms with Crippen LogP contribution >= 0.6 is 24.0 Å². The fourth-order valence-corrected chi connectivity index (χ4v) is 2.16. The molecule has 0 unspecified atom stereocenters. The van der Waals surface area contributed by atoms with Gasteiger partial charge < -0.3 is 19.8 Å². The van der Waals surface area contributed by atoms with Gasteiger partial charge in [-0.25, -0.2) is 9.38 Å². The third kappa shape index (κ3) is 7.14. The molecule has 0 saturated heterocycles. The summed E-state index contributed by atoms with van der Waals surface area (Å²) < 4.78 is 48.4. The molecule has 0 aliphatic rings. The van der Waals surface area contributed by atoms with Crippen molar-refractivity contribution >= 4 is 29.9 Å². The van der Waals surface area contributed by atoms with E-state index in [2.05, 4.69) is 20.4 Å². The fourth-order valence-electron chi connectivity index (χ4n) is 2.16. The van der Waals surface area contributed by atoms with Crippen molar-refractivity contribution in [2.45, 2.75) is 26.5 Å². The lowest BCUT2D eigenvalue weighted by molar-refractivity contribution is -0.0506. The molecule has 1 aromatic heterocycles. The standard InChI is InChI=1S/C17H20F3N3O2.HI/c1-2-21-17(22-9-8-12-5-4-10-24-12)23-11-13-14(18)6-3-7-15(13)25-16(19)20;/h3-7,10,16H,2,8-9,11H2,1H3,(H2,21,22,23);1H. The van der Waals surface area contributed by atoms with E-state index in [1.165, 1.54) is 18.2 Å². The number of alkyl halides is 2. The minimum absolute atomic E-state index is 0. The SMILES string of the molecule is CCNC(=NCc1c(F)cccc1OC(F)F)NCCc1ccco1.I. The second kappa shape index (κ2) is 11.7. The van der Waals surface area contributed by atoms with Gasteiger partial charge in [0.25, 0.3) is 0 Å². The first-order valence-electron chi connectivity index (χ1n) is 7.87. The Labute approximate surface area is 167 Å². The van der Waals surface area contributed by atoms with Crippen LogP contribution in [0.3, 0.4) is 0 Å². The Hall–Kier alpha value is -1.91. The van der Waals surface area contributed by atoms with Crippen molar-refractivity contribution in [3.63, 3.8) is 0 Å². The number of nitrogens with one attached hydrogen (secondary N) is 2. The van der Waals surface area contributed by atoms with E-state index < -0.39 is 12.4 Å². The largest absolute Gasteiger partial charge is 0.469 e. The van der Waals surface area contributed by atoms with Gasteiger partial charge in [0.2, 0.25) is 0 Å². The predicted octanol–water partition coefficient (Wildman–Crippen LogP) is 3.94. The second-order valence-electron chi connectivity index (χ2n) is 5.05. The maximum atomic E-state index is 13.9. The zero-order chi connectivity index (χ0) is 18.1. The molecule has 0 amide bonds. The van der Waals surface area contributed by atoms with Crippen LogP contribution in [0.2, 0.25) is 0 Å². The number of ether oxygens (including phenoxy) is 1. The first-order chi connectivity index (χ1) is 12.1. The summed E-state index contributed by atoms with van der Waals surface area (Å²) in [7, 11) is 0. The van der Waals surface area contributed by atoms with Crippen LogP contribution in [0.15, 0.2) is 46.0 Å². The van der Waals surface area contributed by atoms with E-state index in [0.717, 1.165) is 5.76 Å². The highest BCUT2D eigenvalue weighted by atomic mass is 127. The lowest BCUT2D eigenvalue weighted by atomic mass is 10.2. The topological polar surface area (TPSA) is 58.8 Å². The highest BCUT2D eigenvalue weighted by molar-refractivity contribution is 14.0. The summed E-state index contributed by atoms with van der Waals surface area (Å²) in [6.45, 7) is -0.117. The molecule has 0 spiro atoms. The summed E-state index contributed by atoms with van der Waals surface area (Å²) in [5.74, 6) is 0.406. The molecule has 2 rings (SSSR count). The molecule has 5 nitrogen and oxygen atoms in total. The number of guanidine groups is 1. The molecule has 144 valence electrons. The molecule has 2 N–H and O–H groups in total. The maximum absolute atomic E-state index is 13.9. The molecule has 1 aromatic carbocycles. The van der Waals surface area contributed by atoms with Crippen molar-refractivity contribution in [2.75, 3.05) is 13.1 Å². The summed E-state index contributed by atoms with van der Waals surface area (Å²) in [4.78, 5) is 4.23. The number of rotatable bonds is 8. The van der Waals surface area contributed by atoms with Crippen molar-refractivity contribution in [2.24, 2.45) is 4.99 Å². The zero-order valence-electron chi connectivity index (χ0n) is 14.2.